The van der Waals surface area contributed by atoms with E-state index in [9.17, 15) is 0 Å². The maximum absolute atomic E-state index is 8.92. The molecule has 1 atom stereocenters. The first-order valence-electron chi connectivity index (χ1n) is 3.60. The molecule has 1 saturated heterocycles. The number of aliphatic hydroxyl groups excluding tert-OH is 1. The maximum atomic E-state index is 8.92. The highest BCUT2D eigenvalue weighted by molar-refractivity contribution is 4.81. The van der Waals surface area contributed by atoms with Crippen LogP contribution in [0, 0.1) is 0 Å². The second kappa shape index (κ2) is 2.86. The van der Waals surface area contributed by atoms with E-state index in [1.165, 1.54) is 0 Å². The topological polar surface area (TPSA) is 32.7 Å². The first-order valence-corrected chi connectivity index (χ1v) is 3.60. The number of likely N-dealkylation sites (N-methyl/N-ethyl adjacent to an activating group) is 1. The highest BCUT2D eigenvalue weighted by Gasteiger charge is 2.29. The monoisotopic (exact) mass is 145 g/mol. The molecule has 60 valence electrons. The summed E-state index contributed by atoms with van der Waals surface area (Å²) in [4.78, 5) is 2.17. The summed E-state index contributed by atoms with van der Waals surface area (Å²) in [5, 5.41) is 8.92. The number of ether oxygens (including phenoxy) is 1. The molecule has 0 aromatic carbocycles. The molecule has 0 radical (unpaired) electrons. The zero-order valence-electron chi connectivity index (χ0n) is 6.63. The van der Waals surface area contributed by atoms with Crippen LogP contribution in [0.5, 0.6) is 0 Å². The fourth-order valence-electron chi connectivity index (χ4n) is 1.24. The Morgan fingerprint density at radius 2 is 2.40 bits per heavy atom. The molecule has 1 fully saturated rings. The average molecular weight is 145 g/mol. The van der Waals surface area contributed by atoms with Gasteiger partial charge in [-0.1, -0.05) is 0 Å². The van der Waals surface area contributed by atoms with E-state index >= 15 is 0 Å². The van der Waals surface area contributed by atoms with E-state index in [1.54, 1.807) is 0 Å². The van der Waals surface area contributed by atoms with Crippen LogP contribution in [-0.4, -0.2) is 49.0 Å². The molecule has 1 rings (SSSR count). The van der Waals surface area contributed by atoms with E-state index in [1.807, 2.05) is 14.0 Å². The van der Waals surface area contributed by atoms with E-state index in [2.05, 4.69) is 4.90 Å². The number of aliphatic hydroxyl groups is 1. The lowest BCUT2D eigenvalue weighted by Gasteiger charge is -2.37. The van der Waals surface area contributed by atoms with Gasteiger partial charge in [0.25, 0.3) is 0 Å². The van der Waals surface area contributed by atoms with Gasteiger partial charge >= 0.3 is 0 Å². The third kappa shape index (κ3) is 1.68. The fourth-order valence-corrected chi connectivity index (χ4v) is 1.24. The summed E-state index contributed by atoms with van der Waals surface area (Å²) in [6, 6.07) is 0. The van der Waals surface area contributed by atoms with Crippen LogP contribution in [0.1, 0.15) is 6.92 Å². The minimum absolute atomic E-state index is 0.108. The van der Waals surface area contributed by atoms with Gasteiger partial charge in [0.05, 0.1) is 13.2 Å². The van der Waals surface area contributed by atoms with Crippen LogP contribution in [0.2, 0.25) is 0 Å². The van der Waals surface area contributed by atoms with Crippen molar-refractivity contribution in [1.29, 1.82) is 0 Å². The van der Waals surface area contributed by atoms with Crippen molar-refractivity contribution in [3.05, 3.63) is 0 Å². The molecule has 1 heterocycles. The molecular formula is C7H15NO2. The van der Waals surface area contributed by atoms with Crippen LogP contribution in [0.15, 0.2) is 0 Å². The van der Waals surface area contributed by atoms with Gasteiger partial charge in [-0.05, 0) is 14.0 Å². The number of rotatable bonds is 1. The van der Waals surface area contributed by atoms with Crippen molar-refractivity contribution in [2.45, 2.75) is 12.5 Å². The molecule has 0 aliphatic carbocycles. The van der Waals surface area contributed by atoms with Gasteiger partial charge < -0.3 is 14.7 Å². The smallest absolute Gasteiger partial charge is 0.101 e. The molecule has 3 nitrogen and oxygen atoms in total. The van der Waals surface area contributed by atoms with Crippen LogP contribution in [0.25, 0.3) is 0 Å². The van der Waals surface area contributed by atoms with Crippen LogP contribution < -0.4 is 0 Å². The molecule has 0 amide bonds. The molecule has 0 aromatic heterocycles. The lowest BCUT2D eigenvalue weighted by Crippen LogP contribution is -2.50. The Morgan fingerprint density at radius 3 is 2.80 bits per heavy atom. The van der Waals surface area contributed by atoms with Crippen LogP contribution in [0.4, 0.5) is 0 Å². The standard InChI is InChI=1S/C7H15NO2/c1-7(6-9)5-8(2)3-4-10-7/h9H,3-6H2,1-2H3/t7-/m0/s1. The zero-order chi connectivity index (χ0) is 7.61. The number of nitrogens with zero attached hydrogens (tertiary/aromatic N) is 1. The summed E-state index contributed by atoms with van der Waals surface area (Å²) in [6.07, 6.45) is 0. The molecule has 1 N–H and O–H groups in total. The van der Waals surface area contributed by atoms with Gasteiger partial charge in [0, 0.05) is 13.1 Å². The van der Waals surface area contributed by atoms with Gasteiger partial charge in [0.15, 0.2) is 0 Å². The quantitative estimate of drug-likeness (QED) is 0.550. The summed E-state index contributed by atoms with van der Waals surface area (Å²) in [5.41, 5.74) is -0.326. The SMILES string of the molecule is CN1CCO[C@](C)(CO)C1. The number of hydrogen-bond acceptors (Lipinski definition) is 3. The van der Waals surface area contributed by atoms with E-state index in [-0.39, 0.29) is 12.2 Å². The third-order valence-electron chi connectivity index (χ3n) is 1.86. The van der Waals surface area contributed by atoms with Crippen molar-refractivity contribution in [2.24, 2.45) is 0 Å². The molecule has 10 heavy (non-hydrogen) atoms. The zero-order valence-corrected chi connectivity index (χ0v) is 6.63. The molecule has 0 spiro atoms. The lowest BCUT2D eigenvalue weighted by atomic mass is 10.1. The van der Waals surface area contributed by atoms with E-state index < -0.39 is 0 Å². The normalized spacial score (nSPS) is 36.3. The van der Waals surface area contributed by atoms with Crippen LogP contribution in [0.3, 0.4) is 0 Å². The van der Waals surface area contributed by atoms with Crippen molar-refractivity contribution in [1.82, 2.24) is 4.90 Å². The average Bonchev–Trinajstić information content (AvgIpc) is 1.88. The first-order chi connectivity index (χ1) is 4.66. The summed E-state index contributed by atoms with van der Waals surface area (Å²) < 4.78 is 5.39. The van der Waals surface area contributed by atoms with E-state index in [0.717, 1.165) is 19.7 Å². The summed E-state index contributed by atoms with van der Waals surface area (Å²) in [5.74, 6) is 0. The van der Waals surface area contributed by atoms with Gasteiger partial charge in [-0.2, -0.15) is 0 Å². The van der Waals surface area contributed by atoms with Gasteiger partial charge in [-0.15, -0.1) is 0 Å². The Balaban J connectivity index is 2.45. The highest BCUT2D eigenvalue weighted by atomic mass is 16.5. The third-order valence-corrected chi connectivity index (χ3v) is 1.86. The van der Waals surface area contributed by atoms with Gasteiger partial charge in [0.1, 0.15) is 5.60 Å². The van der Waals surface area contributed by atoms with Crippen LogP contribution >= 0.6 is 0 Å². The molecule has 0 saturated carbocycles. The van der Waals surface area contributed by atoms with Crippen molar-refractivity contribution in [3.63, 3.8) is 0 Å². The summed E-state index contributed by atoms with van der Waals surface area (Å²) >= 11 is 0. The predicted octanol–water partition coefficient (Wildman–Crippen LogP) is -0.301. The largest absolute Gasteiger partial charge is 0.393 e. The Hall–Kier alpha value is -0.120. The summed E-state index contributed by atoms with van der Waals surface area (Å²) in [6.45, 7) is 4.56. The van der Waals surface area contributed by atoms with Crippen molar-refractivity contribution >= 4 is 0 Å². The molecule has 0 aromatic rings. The van der Waals surface area contributed by atoms with Gasteiger partial charge in [-0.25, -0.2) is 0 Å². The Kier molecular flexibility index (Phi) is 2.28. The molecule has 0 unspecified atom stereocenters. The maximum Gasteiger partial charge on any atom is 0.101 e. The van der Waals surface area contributed by atoms with Crippen molar-refractivity contribution in [3.8, 4) is 0 Å². The second-order valence-corrected chi connectivity index (χ2v) is 3.19. The Bertz CT molecular complexity index is 118. The molecular weight excluding hydrogens is 130 g/mol. The minimum Gasteiger partial charge on any atom is -0.393 e. The van der Waals surface area contributed by atoms with Gasteiger partial charge in [-0.3, -0.25) is 0 Å². The first kappa shape index (κ1) is 7.98. The Labute approximate surface area is 61.6 Å². The number of morpholine rings is 1. The minimum atomic E-state index is -0.326. The van der Waals surface area contributed by atoms with Crippen LogP contribution in [-0.2, 0) is 4.74 Å². The summed E-state index contributed by atoms with van der Waals surface area (Å²) in [7, 11) is 2.04. The molecule has 3 heteroatoms. The van der Waals surface area contributed by atoms with Crippen molar-refractivity contribution in [2.75, 3.05) is 33.4 Å². The highest BCUT2D eigenvalue weighted by Crippen LogP contribution is 2.14. The fraction of sp³-hybridized carbons (Fsp3) is 1.00. The van der Waals surface area contributed by atoms with E-state index in [0.29, 0.717) is 0 Å². The predicted molar refractivity (Wildman–Crippen MR) is 38.9 cm³/mol. The number of hydrogen-bond donors (Lipinski definition) is 1. The van der Waals surface area contributed by atoms with E-state index in [4.69, 9.17) is 9.84 Å². The molecule has 1 aliphatic heterocycles. The Morgan fingerprint density at radius 1 is 1.70 bits per heavy atom. The molecule has 0 bridgehead atoms. The second-order valence-electron chi connectivity index (χ2n) is 3.19. The van der Waals surface area contributed by atoms with Crippen molar-refractivity contribution < 1.29 is 9.84 Å². The molecule has 1 aliphatic rings. The lowest BCUT2D eigenvalue weighted by molar-refractivity contribution is -0.116. The van der Waals surface area contributed by atoms with Gasteiger partial charge in [0.2, 0.25) is 0 Å².